The van der Waals surface area contributed by atoms with Gasteiger partial charge >= 0.3 is 0 Å². The number of carbonyl (C=O) groups is 1. The van der Waals surface area contributed by atoms with Crippen LogP contribution in [0.15, 0.2) is 29.3 Å². The molecule has 1 aliphatic heterocycles. The molecule has 1 amide bonds. The first kappa shape index (κ1) is 15.9. The van der Waals surface area contributed by atoms with E-state index in [4.69, 9.17) is 0 Å². The van der Waals surface area contributed by atoms with E-state index in [-0.39, 0.29) is 16.7 Å². The highest BCUT2D eigenvalue weighted by Crippen LogP contribution is 2.65. The zero-order valence-corrected chi connectivity index (χ0v) is 15.7. The summed E-state index contributed by atoms with van der Waals surface area (Å²) >= 11 is 1.69. The van der Waals surface area contributed by atoms with Crippen LogP contribution in [0.4, 0.5) is 0 Å². The fourth-order valence-corrected chi connectivity index (χ4v) is 7.14. The van der Waals surface area contributed by atoms with E-state index in [1.54, 1.807) is 11.8 Å². The predicted octanol–water partition coefficient (Wildman–Crippen LogP) is 4.05. The Hall–Kier alpha value is -1.29. The third-order valence-electron chi connectivity index (χ3n) is 7.01. The molecular formula is C21H26N2OS. The summed E-state index contributed by atoms with van der Waals surface area (Å²) in [6, 6.07) is 9.13. The summed E-state index contributed by atoms with van der Waals surface area (Å²) in [6.45, 7) is 2.99. The van der Waals surface area contributed by atoms with Crippen molar-refractivity contribution >= 4 is 22.8 Å². The molecule has 1 N–H and O–H groups in total. The van der Waals surface area contributed by atoms with Crippen LogP contribution in [-0.4, -0.2) is 23.4 Å². The minimum atomic E-state index is -0.166. The lowest BCUT2D eigenvalue weighted by atomic mass is 9.42. The second kappa shape index (κ2) is 5.60. The number of amidine groups is 1. The Balaban J connectivity index is 1.48. The second-order valence-corrected chi connectivity index (χ2v) is 9.96. The molecule has 0 spiro atoms. The number of amides is 1. The molecule has 1 aromatic carbocycles. The van der Waals surface area contributed by atoms with Crippen LogP contribution >= 0.6 is 11.8 Å². The van der Waals surface area contributed by atoms with Gasteiger partial charge in [-0.1, -0.05) is 41.6 Å². The molecule has 2 atom stereocenters. The summed E-state index contributed by atoms with van der Waals surface area (Å²) in [4.78, 5) is 17.7. The van der Waals surface area contributed by atoms with Gasteiger partial charge in [-0.15, -0.1) is 0 Å². The molecule has 4 bridgehead atoms. The molecule has 5 aliphatic rings. The highest BCUT2D eigenvalue weighted by Gasteiger charge is 2.61. The Morgan fingerprint density at radius 1 is 1.16 bits per heavy atom. The van der Waals surface area contributed by atoms with E-state index in [1.165, 1.54) is 30.4 Å². The van der Waals surface area contributed by atoms with Crippen LogP contribution < -0.4 is 5.32 Å². The predicted molar refractivity (Wildman–Crippen MR) is 103 cm³/mol. The van der Waals surface area contributed by atoms with E-state index in [0.717, 1.165) is 36.7 Å². The van der Waals surface area contributed by atoms with E-state index in [2.05, 4.69) is 41.5 Å². The maximum absolute atomic E-state index is 13.3. The quantitative estimate of drug-likeness (QED) is 0.870. The van der Waals surface area contributed by atoms with Crippen LogP contribution in [0.1, 0.15) is 49.7 Å². The number of rotatable bonds is 2. The van der Waals surface area contributed by atoms with Gasteiger partial charge in [0.2, 0.25) is 5.91 Å². The third-order valence-corrected chi connectivity index (χ3v) is 7.90. The lowest BCUT2D eigenvalue weighted by molar-refractivity contribution is -0.147. The molecule has 25 heavy (non-hydrogen) atoms. The summed E-state index contributed by atoms with van der Waals surface area (Å²) in [7, 11) is 0. The van der Waals surface area contributed by atoms with Gasteiger partial charge in [0.1, 0.15) is 0 Å². The topological polar surface area (TPSA) is 41.5 Å². The number of hydrogen-bond acceptors (Lipinski definition) is 3. The number of hydrogen-bond donors (Lipinski definition) is 1. The maximum Gasteiger partial charge on any atom is 0.232 e. The van der Waals surface area contributed by atoms with E-state index < -0.39 is 0 Å². The van der Waals surface area contributed by atoms with Crippen molar-refractivity contribution in [1.29, 1.82) is 0 Å². The number of nitrogens with one attached hydrogen (secondary N) is 1. The number of aryl methyl sites for hydroxylation is 1. The molecule has 132 valence electrons. The fraction of sp³-hybridized carbons (Fsp3) is 0.619. The maximum atomic E-state index is 13.3. The Morgan fingerprint density at radius 2 is 1.88 bits per heavy atom. The monoisotopic (exact) mass is 354 g/mol. The number of thioether (sulfide) groups is 1. The van der Waals surface area contributed by atoms with Crippen molar-refractivity contribution in [3.8, 4) is 0 Å². The molecule has 4 heteroatoms. The Labute approximate surface area is 154 Å². The summed E-state index contributed by atoms with van der Waals surface area (Å²) in [5.74, 6) is 2.69. The zero-order valence-electron chi connectivity index (χ0n) is 14.9. The Bertz CT molecular complexity index is 725. The number of carbonyl (C=O) groups excluding carboxylic acids is 1. The second-order valence-electron chi connectivity index (χ2n) is 8.88. The zero-order chi connectivity index (χ0) is 17.1. The highest BCUT2D eigenvalue weighted by atomic mass is 32.2. The molecule has 0 radical (unpaired) electrons. The van der Waals surface area contributed by atoms with Gasteiger partial charge in [-0.2, -0.15) is 0 Å². The van der Waals surface area contributed by atoms with Gasteiger partial charge in [0, 0.05) is 5.75 Å². The molecule has 6 rings (SSSR count). The van der Waals surface area contributed by atoms with Crippen molar-refractivity contribution in [3.63, 3.8) is 0 Å². The van der Waals surface area contributed by atoms with Crippen molar-refractivity contribution < 1.29 is 4.79 Å². The smallest absolute Gasteiger partial charge is 0.232 e. The van der Waals surface area contributed by atoms with Gasteiger partial charge in [0.25, 0.3) is 0 Å². The normalized spacial score (nSPS) is 38.7. The van der Waals surface area contributed by atoms with Crippen molar-refractivity contribution in [2.75, 3.05) is 12.3 Å². The average Bonchev–Trinajstić information content (AvgIpc) is 3.07. The summed E-state index contributed by atoms with van der Waals surface area (Å²) in [6.07, 6.45) is 7.08. The van der Waals surface area contributed by atoms with Gasteiger partial charge in [-0.3, -0.25) is 9.79 Å². The van der Waals surface area contributed by atoms with Crippen molar-refractivity contribution in [1.82, 2.24) is 5.32 Å². The SMILES string of the molecule is Cc1ccc(C23C[C@@H]4C[C@H](CC(C(=O)NC5=NCCS5)(C4)C2)C3)cc1. The minimum absolute atomic E-state index is 0.166. The van der Waals surface area contributed by atoms with Gasteiger partial charge < -0.3 is 5.32 Å². The molecule has 4 saturated carbocycles. The Kier molecular flexibility index (Phi) is 3.57. The van der Waals surface area contributed by atoms with Crippen molar-refractivity contribution in [2.24, 2.45) is 22.2 Å². The van der Waals surface area contributed by atoms with Crippen molar-refractivity contribution in [3.05, 3.63) is 35.4 Å². The van der Waals surface area contributed by atoms with Gasteiger partial charge in [0.15, 0.2) is 5.17 Å². The molecular weight excluding hydrogens is 328 g/mol. The van der Waals surface area contributed by atoms with Gasteiger partial charge in [-0.05, 0) is 68.3 Å². The minimum Gasteiger partial charge on any atom is -0.305 e. The fourth-order valence-electron chi connectivity index (χ4n) is 6.41. The summed E-state index contributed by atoms with van der Waals surface area (Å²) in [5, 5.41) is 4.04. The van der Waals surface area contributed by atoms with E-state index in [0.29, 0.717) is 11.8 Å². The molecule has 1 aromatic rings. The summed E-state index contributed by atoms with van der Waals surface area (Å²) in [5.41, 5.74) is 2.84. The first-order chi connectivity index (χ1) is 12.1. The van der Waals surface area contributed by atoms with E-state index >= 15 is 0 Å². The van der Waals surface area contributed by atoms with E-state index in [9.17, 15) is 4.79 Å². The standard InChI is InChI=1S/C21H26N2OS/c1-14-2-4-17(5-3-14)20-9-15-8-16(10-20)12-21(11-15,13-20)18(24)23-19-22-6-7-25-19/h2-5,15-16H,6-13H2,1H3,(H,22,23,24)/t15-,16-,20?,21?/m0/s1. The largest absolute Gasteiger partial charge is 0.305 e. The van der Waals surface area contributed by atoms with Crippen LogP contribution in [0.2, 0.25) is 0 Å². The van der Waals surface area contributed by atoms with Crippen LogP contribution in [0.3, 0.4) is 0 Å². The molecule has 4 fully saturated rings. The number of aliphatic imine (C=N–C) groups is 1. The van der Waals surface area contributed by atoms with Gasteiger partial charge in [0.05, 0.1) is 12.0 Å². The van der Waals surface area contributed by atoms with Crippen LogP contribution in [0, 0.1) is 24.2 Å². The molecule has 0 unspecified atom stereocenters. The molecule has 0 saturated heterocycles. The van der Waals surface area contributed by atoms with Crippen LogP contribution in [0.25, 0.3) is 0 Å². The first-order valence-corrected chi connectivity index (χ1v) is 10.6. The molecule has 4 aliphatic carbocycles. The molecule has 1 heterocycles. The average molecular weight is 355 g/mol. The van der Waals surface area contributed by atoms with Crippen LogP contribution in [0.5, 0.6) is 0 Å². The van der Waals surface area contributed by atoms with Crippen LogP contribution in [-0.2, 0) is 10.2 Å². The molecule has 0 aromatic heterocycles. The number of benzene rings is 1. The Morgan fingerprint density at radius 3 is 2.52 bits per heavy atom. The lowest BCUT2D eigenvalue weighted by Gasteiger charge is -2.61. The number of nitrogens with zero attached hydrogens (tertiary/aromatic N) is 1. The molecule has 3 nitrogen and oxygen atoms in total. The lowest BCUT2D eigenvalue weighted by Crippen LogP contribution is -2.59. The van der Waals surface area contributed by atoms with Crippen molar-refractivity contribution in [2.45, 2.75) is 50.9 Å². The van der Waals surface area contributed by atoms with Gasteiger partial charge in [-0.25, -0.2) is 0 Å². The summed E-state index contributed by atoms with van der Waals surface area (Å²) < 4.78 is 0. The first-order valence-electron chi connectivity index (χ1n) is 9.63. The van der Waals surface area contributed by atoms with E-state index in [1.807, 2.05) is 0 Å². The third kappa shape index (κ3) is 2.56. The highest BCUT2D eigenvalue weighted by molar-refractivity contribution is 8.14.